The molecule has 5 nitrogen and oxygen atoms in total. The maximum atomic E-state index is 12.5. The largest absolute Gasteiger partial charge is 0.461 e. The second-order valence-electron chi connectivity index (χ2n) is 9.08. The van der Waals surface area contributed by atoms with Crippen molar-refractivity contribution in [3.63, 3.8) is 0 Å². The molecule has 4 rings (SSSR count). The van der Waals surface area contributed by atoms with Crippen LogP contribution in [0.3, 0.4) is 0 Å². The Bertz CT molecular complexity index is 1140. The van der Waals surface area contributed by atoms with Crippen molar-refractivity contribution in [2.45, 2.75) is 45.1 Å². The molecule has 0 unspecified atom stereocenters. The Morgan fingerprint density at radius 3 is 2.14 bits per heavy atom. The summed E-state index contributed by atoms with van der Waals surface area (Å²) in [6.45, 7) is 2.04. The number of ether oxygens (including phenoxy) is 1. The molecule has 1 fully saturated rings. The molecular weight excluding hydrogens is 438 g/mol. The molecule has 3 aromatic carbocycles. The monoisotopic (exact) mass is 469 g/mol. The van der Waals surface area contributed by atoms with Gasteiger partial charge in [-0.1, -0.05) is 84.9 Å². The number of rotatable bonds is 10. The zero-order chi connectivity index (χ0) is 24.6. The van der Waals surface area contributed by atoms with Crippen LogP contribution in [0.15, 0.2) is 84.9 Å². The minimum Gasteiger partial charge on any atom is -0.461 e. The maximum Gasteiger partial charge on any atom is 0.310 e. The van der Waals surface area contributed by atoms with E-state index in [9.17, 15) is 14.4 Å². The molecule has 180 valence electrons. The van der Waals surface area contributed by atoms with Gasteiger partial charge in [-0.25, -0.2) is 0 Å². The van der Waals surface area contributed by atoms with Crippen LogP contribution in [-0.2, 0) is 32.0 Å². The predicted octanol–water partition coefficient (Wildman–Crippen LogP) is 5.23. The number of benzene rings is 3. The van der Waals surface area contributed by atoms with Gasteiger partial charge in [0.05, 0.1) is 12.3 Å². The fourth-order valence-electron chi connectivity index (χ4n) is 4.35. The molecule has 0 radical (unpaired) electrons. The van der Waals surface area contributed by atoms with Crippen LogP contribution in [0.25, 0.3) is 11.1 Å². The number of β-lactam (4-membered cyclic amide) rings is 1. The summed E-state index contributed by atoms with van der Waals surface area (Å²) >= 11 is 0. The molecule has 35 heavy (non-hydrogen) atoms. The van der Waals surface area contributed by atoms with Crippen LogP contribution in [0.2, 0.25) is 0 Å². The lowest BCUT2D eigenvalue weighted by molar-refractivity contribution is -0.169. The summed E-state index contributed by atoms with van der Waals surface area (Å²) < 4.78 is 5.52. The minimum absolute atomic E-state index is 0.142. The average molecular weight is 470 g/mol. The minimum atomic E-state index is -0.555. The summed E-state index contributed by atoms with van der Waals surface area (Å²) in [6, 6.07) is 28.0. The van der Waals surface area contributed by atoms with E-state index in [1.165, 1.54) is 10.5 Å². The number of esters is 1. The predicted molar refractivity (Wildman–Crippen MR) is 135 cm³/mol. The molecule has 0 spiro atoms. The normalized spacial score (nSPS) is 15.9. The van der Waals surface area contributed by atoms with Gasteiger partial charge in [0.25, 0.3) is 0 Å². The van der Waals surface area contributed by atoms with Gasteiger partial charge in [-0.05, 0) is 48.4 Å². The van der Waals surface area contributed by atoms with Gasteiger partial charge < -0.3 is 4.74 Å². The van der Waals surface area contributed by atoms with Gasteiger partial charge in [-0.3, -0.25) is 19.3 Å². The van der Waals surface area contributed by atoms with E-state index in [1.807, 2.05) is 72.8 Å². The molecule has 3 aromatic rings. The van der Waals surface area contributed by atoms with Gasteiger partial charge in [-0.15, -0.1) is 0 Å². The lowest BCUT2D eigenvalue weighted by Crippen LogP contribution is -2.59. The Morgan fingerprint density at radius 1 is 0.857 bits per heavy atom. The summed E-state index contributed by atoms with van der Waals surface area (Å²) in [6.07, 6.45) is 2.52. The number of likely N-dealkylation sites (tertiary alicyclic amines) is 1. The topological polar surface area (TPSA) is 63.7 Å². The molecular formula is C30H31NO4. The third-order valence-electron chi connectivity index (χ3n) is 6.51. The van der Waals surface area contributed by atoms with Crippen LogP contribution in [0.4, 0.5) is 0 Å². The fourth-order valence-corrected chi connectivity index (χ4v) is 4.35. The van der Waals surface area contributed by atoms with E-state index in [2.05, 4.69) is 12.1 Å². The van der Waals surface area contributed by atoms with Gasteiger partial charge in [0.2, 0.25) is 11.8 Å². The summed E-state index contributed by atoms with van der Waals surface area (Å²) in [5.74, 6) is -1.21. The third-order valence-corrected chi connectivity index (χ3v) is 6.51. The summed E-state index contributed by atoms with van der Waals surface area (Å²) in [5.41, 5.74) is 4.31. The van der Waals surface area contributed by atoms with E-state index in [4.69, 9.17) is 4.74 Å². The zero-order valence-corrected chi connectivity index (χ0v) is 20.1. The van der Waals surface area contributed by atoms with Crippen LogP contribution < -0.4 is 0 Å². The average Bonchev–Trinajstić information content (AvgIpc) is 2.87. The molecule has 1 aliphatic heterocycles. The van der Waals surface area contributed by atoms with Crippen molar-refractivity contribution < 1.29 is 19.1 Å². The van der Waals surface area contributed by atoms with Gasteiger partial charge in [0.1, 0.15) is 6.10 Å². The number of amides is 2. The number of hydrogen-bond donors (Lipinski definition) is 0. The number of aryl methyl sites for hydroxylation is 1. The number of carbonyl (C=O) groups excluding carboxylic acids is 3. The fraction of sp³-hybridized carbons (Fsp3) is 0.300. The molecule has 2 amide bonds. The highest BCUT2D eigenvalue weighted by molar-refractivity contribution is 6.01. The smallest absolute Gasteiger partial charge is 0.310 e. The second-order valence-corrected chi connectivity index (χ2v) is 9.08. The van der Waals surface area contributed by atoms with Crippen molar-refractivity contribution in [2.75, 3.05) is 6.54 Å². The maximum absolute atomic E-state index is 12.5. The molecule has 2 atom stereocenters. The Kier molecular flexibility index (Phi) is 8.09. The number of carbonyl (C=O) groups is 3. The lowest BCUT2D eigenvalue weighted by Gasteiger charge is -2.39. The van der Waals surface area contributed by atoms with Crippen molar-refractivity contribution in [2.24, 2.45) is 5.92 Å². The quantitative estimate of drug-likeness (QED) is 0.232. The van der Waals surface area contributed by atoms with E-state index < -0.39 is 12.0 Å². The van der Waals surface area contributed by atoms with Crippen molar-refractivity contribution in [1.29, 1.82) is 0 Å². The zero-order valence-electron chi connectivity index (χ0n) is 20.1. The van der Waals surface area contributed by atoms with Crippen molar-refractivity contribution in [3.8, 4) is 11.1 Å². The van der Waals surface area contributed by atoms with Crippen molar-refractivity contribution in [1.82, 2.24) is 4.90 Å². The van der Waals surface area contributed by atoms with Gasteiger partial charge >= 0.3 is 5.97 Å². The SMILES string of the molecule is C[C@@H](OC(=O)Cc1ccc(-c2ccccc2)cc1)[C@@H]1CN(C(=O)CCCCc2ccccc2)C1=O. The molecule has 0 aromatic heterocycles. The molecule has 1 aliphatic rings. The Labute approximate surface area is 206 Å². The highest BCUT2D eigenvalue weighted by atomic mass is 16.5. The van der Waals surface area contributed by atoms with E-state index in [0.29, 0.717) is 13.0 Å². The number of hydrogen-bond acceptors (Lipinski definition) is 4. The first-order chi connectivity index (χ1) is 17.0. The number of unbranched alkanes of at least 4 members (excludes halogenated alkanes) is 1. The van der Waals surface area contributed by atoms with Crippen LogP contribution in [0.1, 0.15) is 37.3 Å². The van der Waals surface area contributed by atoms with Gasteiger partial charge in [0.15, 0.2) is 0 Å². The summed E-state index contributed by atoms with van der Waals surface area (Å²) in [4.78, 5) is 38.6. The lowest BCUT2D eigenvalue weighted by atomic mass is 9.92. The highest BCUT2D eigenvalue weighted by Crippen LogP contribution is 2.25. The molecule has 0 bridgehead atoms. The number of nitrogens with zero attached hydrogens (tertiary/aromatic N) is 1. The van der Waals surface area contributed by atoms with Crippen LogP contribution in [0, 0.1) is 5.92 Å². The Balaban J connectivity index is 1.17. The molecule has 0 N–H and O–H groups in total. The van der Waals surface area contributed by atoms with Gasteiger partial charge in [-0.2, -0.15) is 0 Å². The second kappa shape index (κ2) is 11.6. The first-order valence-electron chi connectivity index (χ1n) is 12.2. The van der Waals surface area contributed by atoms with Gasteiger partial charge in [0, 0.05) is 13.0 Å². The summed E-state index contributed by atoms with van der Waals surface area (Å²) in [5, 5.41) is 0. The van der Waals surface area contributed by atoms with E-state index in [1.54, 1.807) is 6.92 Å². The van der Waals surface area contributed by atoms with Crippen LogP contribution >= 0.6 is 0 Å². The van der Waals surface area contributed by atoms with Crippen LogP contribution in [0.5, 0.6) is 0 Å². The molecule has 0 aliphatic carbocycles. The standard InChI is InChI=1S/C30H31NO4/c1-22(35-29(33)20-24-16-18-26(19-17-24)25-13-6-3-7-14-25)27-21-31(30(27)34)28(32)15-9-8-12-23-10-4-2-5-11-23/h2-7,10-11,13-14,16-19,22,27H,8-9,12,15,20-21H2,1H3/t22-,27+/m1/s1. The molecule has 5 heteroatoms. The van der Waals surface area contributed by atoms with Crippen molar-refractivity contribution >= 4 is 17.8 Å². The first-order valence-corrected chi connectivity index (χ1v) is 12.2. The molecule has 0 saturated carbocycles. The van der Waals surface area contributed by atoms with Crippen LogP contribution in [-0.4, -0.2) is 35.3 Å². The third kappa shape index (κ3) is 6.44. The Hall–Kier alpha value is -3.73. The number of imide groups is 1. The first kappa shape index (κ1) is 24.4. The van der Waals surface area contributed by atoms with E-state index in [0.717, 1.165) is 36.0 Å². The highest BCUT2D eigenvalue weighted by Gasteiger charge is 2.44. The van der Waals surface area contributed by atoms with E-state index in [-0.39, 0.29) is 24.2 Å². The Morgan fingerprint density at radius 2 is 1.49 bits per heavy atom. The molecule has 1 heterocycles. The molecule has 1 saturated heterocycles. The van der Waals surface area contributed by atoms with Crippen molar-refractivity contribution in [3.05, 3.63) is 96.1 Å². The van der Waals surface area contributed by atoms with E-state index >= 15 is 0 Å². The summed E-state index contributed by atoms with van der Waals surface area (Å²) in [7, 11) is 0.